The maximum Gasteiger partial charge on any atom is 0.0621 e. The highest BCUT2D eigenvalue weighted by Crippen LogP contribution is 2.44. The van der Waals surface area contributed by atoms with Crippen LogP contribution in [0.4, 0.5) is 0 Å². The van der Waals surface area contributed by atoms with Crippen molar-refractivity contribution in [3.05, 3.63) is 29.8 Å². The molecule has 72 valence electrons. The largest absolute Gasteiger partial charge is 0.368 e. The molecule has 0 amide bonds. The number of benzene rings is 1. The lowest BCUT2D eigenvalue weighted by Crippen LogP contribution is -2.20. The Labute approximate surface area is 81.6 Å². The first kappa shape index (κ1) is 10.7. The number of rotatable bonds is 1. The van der Waals surface area contributed by atoms with E-state index in [-0.39, 0.29) is 5.16 Å². The molecular formula is C11H17OP. The third-order valence-corrected chi connectivity index (χ3v) is 4.21. The summed E-state index contributed by atoms with van der Waals surface area (Å²) >= 11 is 0. The zero-order valence-corrected chi connectivity index (χ0v) is 9.60. The second-order valence-corrected chi connectivity index (χ2v) is 6.72. The van der Waals surface area contributed by atoms with Crippen molar-refractivity contribution in [3.8, 4) is 0 Å². The van der Waals surface area contributed by atoms with Crippen LogP contribution in [-0.4, -0.2) is 10.0 Å². The summed E-state index contributed by atoms with van der Waals surface area (Å²) in [5.41, 5.74) is 1.19. The molecule has 0 aliphatic rings. The third-order valence-electron chi connectivity index (χ3n) is 1.98. The second-order valence-electron chi connectivity index (χ2n) is 4.27. The van der Waals surface area contributed by atoms with E-state index in [1.54, 1.807) is 0 Å². The molecule has 1 N–H and O–H groups in total. The Balaban J connectivity index is 3.02. The van der Waals surface area contributed by atoms with Crippen LogP contribution in [0.2, 0.25) is 0 Å². The van der Waals surface area contributed by atoms with E-state index in [1.165, 1.54) is 5.56 Å². The monoisotopic (exact) mass is 196 g/mol. The molecule has 13 heavy (non-hydrogen) atoms. The highest BCUT2D eigenvalue weighted by molar-refractivity contribution is 7.61. The van der Waals surface area contributed by atoms with Crippen molar-refractivity contribution in [2.45, 2.75) is 32.9 Å². The molecule has 0 aliphatic heterocycles. The fourth-order valence-corrected chi connectivity index (χ4v) is 2.52. The van der Waals surface area contributed by atoms with Gasteiger partial charge in [-0.1, -0.05) is 45.0 Å². The average molecular weight is 196 g/mol. The molecule has 0 unspecified atom stereocenters. The molecule has 1 aromatic rings. The minimum Gasteiger partial charge on any atom is -0.368 e. The van der Waals surface area contributed by atoms with Crippen molar-refractivity contribution in [1.29, 1.82) is 0 Å². The summed E-state index contributed by atoms with van der Waals surface area (Å²) in [6.07, 6.45) is 0. The molecule has 0 saturated heterocycles. The van der Waals surface area contributed by atoms with Gasteiger partial charge in [-0.2, -0.15) is 0 Å². The minimum atomic E-state index is -1.04. The van der Waals surface area contributed by atoms with Crippen LogP contribution in [-0.2, 0) is 0 Å². The minimum absolute atomic E-state index is 0.0263. The predicted octanol–water partition coefficient (Wildman–Crippen LogP) is 2.81. The van der Waals surface area contributed by atoms with Gasteiger partial charge < -0.3 is 4.89 Å². The van der Waals surface area contributed by atoms with Gasteiger partial charge in [0.25, 0.3) is 0 Å². The van der Waals surface area contributed by atoms with Crippen molar-refractivity contribution in [1.82, 2.24) is 0 Å². The molecule has 0 bridgehead atoms. The van der Waals surface area contributed by atoms with Crippen LogP contribution in [0.1, 0.15) is 26.3 Å². The first-order chi connectivity index (χ1) is 5.93. The molecule has 0 spiro atoms. The Morgan fingerprint density at radius 1 is 1.15 bits per heavy atom. The topological polar surface area (TPSA) is 20.2 Å². The zero-order valence-electron chi connectivity index (χ0n) is 8.70. The fraction of sp³-hybridized carbons (Fsp3) is 0.455. The van der Waals surface area contributed by atoms with E-state index in [2.05, 4.69) is 20.8 Å². The van der Waals surface area contributed by atoms with E-state index in [1.807, 2.05) is 31.2 Å². The Kier molecular flexibility index (Phi) is 3.10. The van der Waals surface area contributed by atoms with Crippen LogP contribution in [0, 0.1) is 6.92 Å². The molecule has 1 atom stereocenters. The highest BCUT2D eigenvalue weighted by atomic mass is 31.1. The van der Waals surface area contributed by atoms with E-state index in [0.717, 1.165) is 5.30 Å². The summed E-state index contributed by atoms with van der Waals surface area (Å²) in [7, 11) is -1.04. The maximum atomic E-state index is 10.1. The van der Waals surface area contributed by atoms with Crippen molar-refractivity contribution >= 4 is 13.5 Å². The first-order valence-electron chi connectivity index (χ1n) is 4.47. The molecule has 1 nitrogen and oxygen atoms in total. The van der Waals surface area contributed by atoms with Crippen LogP contribution in [0.25, 0.3) is 0 Å². The van der Waals surface area contributed by atoms with Gasteiger partial charge in [0.2, 0.25) is 0 Å². The number of aryl methyl sites for hydroxylation is 1. The Morgan fingerprint density at radius 2 is 1.69 bits per heavy atom. The molecule has 0 heterocycles. The Bertz CT molecular complexity index is 288. The molecule has 0 aliphatic carbocycles. The number of hydrogen-bond acceptors (Lipinski definition) is 1. The van der Waals surface area contributed by atoms with Crippen LogP contribution < -0.4 is 5.30 Å². The highest BCUT2D eigenvalue weighted by Gasteiger charge is 2.24. The Hall–Kier alpha value is -0.390. The molecule has 2 heteroatoms. The van der Waals surface area contributed by atoms with Gasteiger partial charge in [0.15, 0.2) is 0 Å². The first-order valence-corrected chi connectivity index (χ1v) is 5.77. The fourth-order valence-electron chi connectivity index (χ4n) is 1.16. The third kappa shape index (κ3) is 2.52. The zero-order chi connectivity index (χ0) is 10.1. The summed E-state index contributed by atoms with van der Waals surface area (Å²) in [5, 5.41) is 1.08. The van der Waals surface area contributed by atoms with Gasteiger partial charge in [-0.15, -0.1) is 0 Å². The molecule has 1 rings (SSSR count). The van der Waals surface area contributed by atoms with E-state index < -0.39 is 8.15 Å². The van der Waals surface area contributed by atoms with Gasteiger partial charge in [0.05, 0.1) is 8.15 Å². The SMILES string of the molecule is Cc1ccccc1[P@@](O)C(C)(C)C. The van der Waals surface area contributed by atoms with Gasteiger partial charge >= 0.3 is 0 Å². The van der Waals surface area contributed by atoms with E-state index in [9.17, 15) is 4.89 Å². The number of hydrogen-bond donors (Lipinski definition) is 1. The van der Waals surface area contributed by atoms with Crippen molar-refractivity contribution in [2.75, 3.05) is 0 Å². The maximum absolute atomic E-state index is 10.1. The standard InChI is InChI=1S/C11H17OP/c1-9-7-5-6-8-10(9)13(12)11(2,3)4/h5-8,12H,1-4H3/t13-/m1/s1. The van der Waals surface area contributed by atoms with Crippen LogP contribution in [0.5, 0.6) is 0 Å². The lowest BCUT2D eigenvalue weighted by molar-refractivity contribution is 0.588. The van der Waals surface area contributed by atoms with Crippen molar-refractivity contribution < 1.29 is 4.89 Å². The van der Waals surface area contributed by atoms with Crippen LogP contribution in [0.15, 0.2) is 24.3 Å². The molecule has 0 saturated carbocycles. The van der Waals surface area contributed by atoms with Crippen LogP contribution >= 0.6 is 8.15 Å². The predicted molar refractivity (Wildman–Crippen MR) is 59.7 cm³/mol. The average Bonchev–Trinajstić information content (AvgIpc) is 2.02. The molecule has 1 aromatic carbocycles. The van der Waals surface area contributed by atoms with Crippen molar-refractivity contribution in [2.24, 2.45) is 0 Å². The normalized spacial score (nSPS) is 14.2. The summed E-state index contributed by atoms with van der Waals surface area (Å²) in [6, 6.07) is 8.06. The Morgan fingerprint density at radius 3 is 2.15 bits per heavy atom. The van der Waals surface area contributed by atoms with Gasteiger partial charge in [0.1, 0.15) is 0 Å². The molecule has 0 fully saturated rings. The smallest absolute Gasteiger partial charge is 0.0621 e. The summed E-state index contributed by atoms with van der Waals surface area (Å²) in [4.78, 5) is 10.1. The van der Waals surface area contributed by atoms with Gasteiger partial charge in [-0.25, -0.2) is 0 Å². The van der Waals surface area contributed by atoms with E-state index >= 15 is 0 Å². The molecule has 0 aromatic heterocycles. The molecular weight excluding hydrogens is 179 g/mol. The molecule has 0 radical (unpaired) electrons. The van der Waals surface area contributed by atoms with E-state index in [0.29, 0.717) is 0 Å². The van der Waals surface area contributed by atoms with Crippen molar-refractivity contribution in [3.63, 3.8) is 0 Å². The lowest BCUT2D eigenvalue weighted by atomic mass is 10.2. The van der Waals surface area contributed by atoms with Crippen LogP contribution in [0.3, 0.4) is 0 Å². The van der Waals surface area contributed by atoms with E-state index in [4.69, 9.17) is 0 Å². The quantitative estimate of drug-likeness (QED) is 0.685. The van der Waals surface area contributed by atoms with Gasteiger partial charge in [-0.3, -0.25) is 0 Å². The summed E-state index contributed by atoms with van der Waals surface area (Å²) in [6.45, 7) is 8.27. The lowest BCUT2D eigenvalue weighted by Gasteiger charge is -2.26. The second kappa shape index (κ2) is 3.77. The van der Waals surface area contributed by atoms with Gasteiger partial charge in [0, 0.05) is 10.5 Å². The van der Waals surface area contributed by atoms with Gasteiger partial charge in [-0.05, 0) is 12.5 Å². The summed E-state index contributed by atoms with van der Waals surface area (Å²) < 4.78 is 0. The summed E-state index contributed by atoms with van der Waals surface area (Å²) in [5.74, 6) is 0.